The van der Waals surface area contributed by atoms with E-state index in [2.05, 4.69) is 38.1 Å². The van der Waals surface area contributed by atoms with Crippen molar-refractivity contribution in [1.29, 1.82) is 0 Å². The summed E-state index contributed by atoms with van der Waals surface area (Å²) in [6.45, 7) is 4.73. The Morgan fingerprint density at radius 3 is 1.45 bits per heavy atom. The Bertz CT molecular complexity index is 633. The van der Waals surface area contributed by atoms with Gasteiger partial charge in [0.1, 0.15) is 0 Å². The minimum atomic E-state index is 0.837. The van der Waals surface area contributed by atoms with E-state index in [1.807, 2.05) is 0 Å². The molecule has 3 saturated carbocycles. The molecule has 0 saturated heterocycles. The van der Waals surface area contributed by atoms with Crippen LogP contribution in [-0.2, 0) is 6.42 Å². The van der Waals surface area contributed by atoms with Gasteiger partial charge >= 0.3 is 0 Å². The average Bonchev–Trinajstić information content (AvgIpc) is 2.88. The van der Waals surface area contributed by atoms with Crippen LogP contribution in [0.25, 0.3) is 0 Å². The van der Waals surface area contributed by atoms with E-state index in [4.69, 9.17) is 0 Å². The van der Waals surface area contributed by atoms with Crippen LogP contribution in [0.5, 0.6) is 0 Å². The fourth-order valence-corrected chi connectivity index (χ4v) is 7.73. The van der Waals surface area contributed by atoms with Crippen molar-refractivity contribution in [1.82, 2.24) is 0 Å². The summed E-state index contributed by atoms with van der Waals surface area (Å²) < 4.78 is 0. The van der Waals surface area contributed by atoms with Crippen molar-refractivity contribution >= 4 is 0 Å². The molecular weight excluding hydrogens is 396 g/mol. The van der Waals surface area contributed by atoms with E-state index < -0.39 is 0 Å². The topological polar surface area (TPSA) is 0 Å². The van der Waals surface area contributed by atoms with E-state index in [-0.39, 0.29) is 0 Å². The zero-order chi connectivity index (χ0) is 22.9. The van der Waals surface area contributed by atoms with Gasteiger partial charge in [-0.1, -0.05) is 122 Å². The first-order valence-corrected chi connectivity index (χ1v) is 15.3. The van der Waals surface area contributed by atoms with E-state index in [1.165, 1.54) is 103 Å². The molecule has 0 heteroatoms. The highest BCUT2D eigenvalue weighted by molar-refractivity contribution is 5.26. The van der Waals surface area contributed by atoms with Crippen LogP contribution in [0.3, 0.4) is 0 Å². The maximum absolute atomic E-state index is 2.47. The normalized spacial score (nSPS) is 33.2. The molecule has 3 fully saturated rings. The minimum Gasteiger partial charge on any atom is -0.0654 e. The lowest BCUT2D eigenvalue weighted by Crippen LogP contribution is -2.18. The largest absolute Gasteiger partial charge is 0.0654 e. The molecule has 0 nitrogen and oxygen atoms in total. The lowest BCUT2D eigenvalue weighted by atomic mass is 9.74. The Morgan fingerprint density at radius 2 is 0.970 bits per heavy atom. The minimum absolute atomic E-state index is 0.837. The van der Waals surface area contributed by atoms with Gasteiger partial charge in [-0.3, -0.25) is 0 Å². The van der Waals surface area contributed by atoms with Gasteiger partial charge in [0.25, 0.3) is 0 Å². The fraction of sp³-hybridized carbons (Fsp3) is 0.818. The molecule has 0 aromatic heterocycles. The van der Waals surface area contributed by atoms with Crippen LogP contribution in [0.4, 0.5) is 0 Å². The van der Waals surface area contributed by atoms with E-state index in [0.717, 1.165) is 35.5 Å². The standard InChI is InChI=1S/C33H54/c1-3-5-27-6-8-28(9-7-27)10-11-29-12-14-30(15-13-29)16-17-31-20-24-33(25-21-31)32-22-18-26(4-2)19-23-32/h20-21,24-30,32H,3-19,22-23H2,1-2H3/t26-,27-,28-,29-,30-,32-. The second kappa shape index (κ2) is 13.3. The van der Waals surface area contributed by atoms with Crippen molar-refractivity contribution in [3.8, 4) is 0 Å². The van der Waals surface area contributed by atoms with E-state index in [9.17, 15) is 0 Å². The lowest BCUT2D eigenvalue weighted by molar-refractivity contribution is 0.209. The Labute approximate surface area is 206 Å². The zero-order valence-electron chi connectivity index (χ0n) is 22.2. The zero-order valence-corrected chi connectivity index (χ0v) is 22.2. The Kier molecular flexibility index (Phi) is 10.2. The molecule has 4 rings (SSSR count). The van der Waals surface area contributed by atoms with E-state index in [1.54, 1.807) is 30.4 Å². The van der Waals surface area contributed by atoms with Crippen molar-refractivity contribution < 1.29 is 0 Å². The van der Waals surface area contributed by atoms with Gasteiger partial charge in [0.15, 0.2) is 0 Å². The number of hydrogen-bond acceptors (Lipinski definition) is 0. The van der Waals surface area contributed by atoms with Crippen molar-refractivity contribution in [2.45, 2.75) is 142 Å². The highest BCUT2D eigenvalue weighted by Crippen LogP contribution is 2.39. The summed E-state index contributed by atoms with van der Waals surface area (Å²) in [5, 5.41) is 0. The Hall–Kier alpha value is -0.780. The third-order valence-electron chi connectivity index (χ3n) is 10.3. The lowest BCUT2D eigenvalue weighted by Gasteiger charge is -2.32. The smallest absolute Gasteiger partial charge is 0.0162 e. The van der Waals surface area contributed by atoms with Gasteiger partial charge in [0, 0.05) is 0 Å². The van der Waals surface area contributed by atoms with Crippen LogP contribution in [0.1, 0.15) is 146 Å². The quantitative estimate of drug-likeness (QED) is 0.332. The van der Waals surface area contributed by atoms with Crippen molar-refractivity contribution in [2.75, 3.05) is 0 Å². The maximum atomic E-state index is 2.47. The van der Waals surface area contributed by atoms with Gasteiger partial charge in [-0.2, -0.15) is 0 Å². The molecule has 0 heterocycles. The first kappa shape index (κ1) is 25.3. The molecule has 3 aliphatic rings. The summed E-state index contributed by atoms with van der Waals surface area (Å²) in [5.41, 5.74) is 3.20. The third-order valence-corrected chi connectivity index (χ3v) is 10.3. The van der Waals surface area contributed by atoms with Crippen LogP contribution in [0.15, 0.2) is 24.3 Å². The summed E-state index contributed by atoms with van der Waals surface area (Å²) in [5.74, 6) is 6.02. The van der Waals surface area contributed by atoms with Crippen LogP contribution >= 0.6 is 0 Å². The monoisotopic (exact) mass is 450 g/mol. The van der Waals surface area contributed by atoms with Crippen molar-refractivity contribution in [2.24, 2.45) is 29.6 Å². The van der Waals surface area contributed by atoms with Gasteiger partial charge in [-0.25, -0.2) is 0 Å². The maximum Gasteiger partial charge on any atom is -0.0162 e. The molecular formula is C33H54. The van der Waals surface area contributed by atoms with Crippen LogP contribution in [-0.4, -0.2) is 0 Å². The summed E-state index contributed by atoms with van der Waals surface area (Å²) in [7, 11) is 0. The first-order valence-electron chi connectivity index (χ1n) is 15.3. The molecule has 186 valence electrons. The predicted octanol–water partition coefficient (Wildman–Crippen LogP) is 10.5. The summed E-state index contributed by atoms with van der Waals surface area (Å²) in [4.78, 5) is 0. The molecule has 1 aromatic carbocycles. The van der Waals surface area contributed by atoms with Gasteiger partial charge in [-0.05, 0) is 85.2 Å². The summed E-state index contributed by atoms with van der Waals surface area (Å²) >= 11 is 0. The molecule has 0 aliphatic heterocycles. The predicted molar refractivity (Wildman–Crippen MR) is 145 cm³/mol. The van der Waals surface area contributed by atoms with Gasteiger partial charge in [-0.15, -0.1) is 0 Å². The number of aryl methyl sites for hydroxylation is 1. The molecule has 1 aromatic rings. The van der Waals surface area contributed by atoms with Gasteiger partial charge < -0.3 is 0 Å². The highest BCUT2D eigenvalue weighted by atomic mass is 14.3. The molecule has 0 N–H and O–H groups in total. The fourth-order valence-electron chi connectivity index (χ4n) is 7.73. The van der Waals surface area contributed by atoms with Crippen LogP contribution in [0, 0.1) is 29.6 Å². The molecule has 0 spiro atoms. The summed E-state index contributed by atoms with van der Waals surface area (Å²) in [6, 6.07) is 9.86. The second-order valence-corrected chi connectivity index (χ2v) is 12.5. The van der Waals surface area contributed by atoms with E-state index in [0.29, 0.717) is 0 Å². The number of rotatable bonds is 10. The molecule has 33 heavy (non-hydrogen) atoms. The molecule has 0 unspecified atom stereocenters. The molecule has 0 radical (unpaired) electrons. The van der Waals surface area contributed by atoms with Crippen molar-refractivity contribution in [3.05, 3.63) is 35.4 Å². The molecule has 3 aliphatic carbocycles. The highest BCUT2D eigenvalue weighted by Gasteiger charge is 2.25. The SMILES string of the molecule is CCC[C@H]1CC[C@H](CC[C@H]2CC[C@H](CCc3ccc([C@H]4CC[C@H](CC)CC4)cc3)CC2)CC1. The van der Waals surface area contributed by atoms with Gasteiger partial charge in [0.2, 0.25) is 0 Å². The molecule has 0 amide bonds. The number of benzene rings is 1. The first-order chi connectivity index (χ1) is 16.2. The third kappa shape index (κ3) is 7.86. The summed E-state index contributed by atoms with van der Waals surface area (Å²) in [6.07, 6.45) is 28.0. The number of hydrogen-bond donors (Lipinski definition) is 0. The molecule has 0 atom stereocenters. The van der Waals surface area contributed by atoms with Gasteiger partial charge in [0.05, 0.1) is 0 Å². The average molecular weight is 451 g/mol. The van der Waals surface area contributed by atoms with E-state index >= 15 is 0 Å². The van der Waals surface area contributed by atoms with Crippen LogP contribution < -0.4 is 0 Å². The van der Waals surface area contributed by atoms with Crippen LogP contribution in [0.2, 0.25) is 0 Å². The Morgan fingerprint density at radius 1 is 0.515 bits per heavy atom. The second-order valence-electron chi connectivity index (χ2n) is 12.5. The molecule has 0 bridgehead atoms. The van der Waals surface area contributed by atoms with Crippen molar-refractivity contribution in [3.63, 3.8) is 0 Å². The Balaban J connectivity index is 1.09.